The van der Waals surface area contributed by atoms with Gasteiger partial charge in [-0.05, 0) is 64.9 Å². The zero-order chi connectivity index (χ0) is 28.2. The Bertz CT molecular complexity index is 1440. The van der Waals surface area contributed by atoms with Gasteiger partial charge in [-0.25, -0.2) is 0 Å². The lowest BCUT2D eigenvalue weighted by molar-refractivity contribution is -0.113. The van der Waals surface area contributed by atoms with E-state index in [9.17, 15) is 4.79 Å². The van der Waals surface area contributed by atoms with Crippen molar-refractivity contribution in [3.63, 3.8) is 0 Å². The number of thioether (sulfide) groups is 1. The molecule has 204 valence electrons. The van der Waals surface area contributed by atoms with Gasteiger partial charge in [0.1, 0.15) is 11.5 Å². The number of ether oxygens (including phenoxy) is 2. The molecule has 0 aliphatic carbocycles. The molecule has 0 aliphatic heterocycles. The molecule has 0 spiro atoms. The van der Waals surface area contributed by atoms with Crippen molar-refractivity contribution in [3.8, 4) is 28.6 Å². The first-order chi connectivity index (χ1) is 18.6. The minimum Gasteiger partial charge on any atom is -0.497 e. The van der Waals surface area contributed by atoms with Gasteiger partial charge in [0.15, 0.2) is 11.0 Å². The number of methoxy groups -OCH3 is 2. The Morgan fingerprint density at radius 1 is 0.974 bits per heavy atom. The Morgan fingerprint density at radius 3 is 2.33 bits per heavy atom. The van der Waals surface area contributed by atoms with Crippen LogP contribution in [0.25, 0.3) is 17.1 Å². The molecule has 4 aromatic rings. The van der Waals surface area contributed by atoms with Gasteiger partial charge in [0.25, 0.3) is 0 Å². The molecular formula is C31H36N4O3S. The number of carbonyl (C=O) groups is 1. The standard InChI is InChI=1S/C31H36N4O3S/c1-20(2)24-10-8-9-11-26(24)35-29(21-12-15-23(37-6)16-13-21)33-34-30(35)39-19-28(36)32-25-18-22(31(3,4)5)14-17-27(25)38-7/h8-18,20H,19H2,1-7H3,(H,32,36). The van der Waals surface area contributed by atoms with Crippen LogP contribution in [-0.2, 0) is 10.2 Å². The molecule has 1 amide bonds. The summed E-state index contributed by atoms with van der Waals surface area (Å²) < 4.78 is 12.9. The van der Waals surface area contributed by atoms with Crippen molar-refractivity contribution in [1.29, 1.82) is 0 Å². The molecule has 0 unspecified atom stereocenters. The maximum absolute atomic E-state index is 13.1. The third kappa shape index (κ3) is 6.45. The Kier molecular flexibility index (Phi) is 8.65. The Morgan fingerprint density at radius 2 is 1.69 bits per heavy atom. The van der Waals surface area contributed by atoms with E-state index in [1.165, 1.54) is 17.3 Å². The molecule has 0 aliphatic rings. The largest absolute Gasteiger partial charge is 0.497 e. The molecule has 1 N–H and O–H groups in total. The number of nitrogens with zero attached hydrogens (tertiary/aromatic N) is 3. The van der Waals surface area contributed by atoms with E-state index in [4.69, 9.17) is 9.47 Å². The minimum atomic E-state index is -0.151. The Labute approximate surface area is 235 Å². The second-order valence-corrected chi connectivity index (χ2v) is 11.5. The van der Waals surface area contributed by atoms with Crippen molar-refractivity contribution < 1.29 is 14.3 Å². The summed E-state index contributed by atoms with van der Waals surface area (Å²) >= 11 is 1.35. The van der Waals surface area contributed by atoms with E-state index in [0.29, 0.717) is 22.4 Å². The van der Waals surface area contributed by atoms with Crippen LogP contribution in [0.2, 0.25) is 0 Å². The second-order valence-electron chi connectivity index (χ2n) is 10.6. The van der Waals surface area contributed by atoms with E-state index in [1.807, 2.05) is 59.2 Å². The monoisotopic (exact) mass is 544 g/mol. The number of hydrogen-bond acceptors (Lipinski definition) is 6. The third-order valence-electron chi connectivity index (χ3n) is 6.45. The van der Waals surface area contributed by atoms with Crippen molar-refractivity contribution >= 4 is 23.4 Å². The number of hydrogen-bond donors (Lipinski definition) is 1. The van der Waals surface area contributed by atoms with Crippen LogP contribution < -0.4 is 14.8 Å². The fraction of sp³-hybridized carbons (Fsp3) is 0.323. The fourth-order valence-corrected chi connectivity index (χ4v) is 5.02. The number of aromatic nitrogens is 3. The van der Waals surface area contributed by atoms with Gasteiger partial charge in [-0.2, -0.15) is 0 Å². The van der Waals surface area contributed by atoms with Gasteiger partial charge in [0, 0.05) is 5.56 Å². The second kappa shape index (κ2) is 11.9. The number of carbonyl (C=O) groups excluding carboxylic acids is 1. The normalized spacial score (nSPS) is 11.5. The zero-order valence-electron chi connectivity index (χ0n) is 23.6. The predicted octanol–water partition coefficient (Wildman–Crippen LogP) is 7.10. The van der Waals surface area contributed by atoms with Gasteiger partial charge in [0.2, 0.25) is 5.91 Å². The molecule has 0 bridgehead atoms. The maximum Gasteiger partial charge on any atom is 0.234 e. The highest BCUT2D eigenvalue weighted by Crippen LogP contribution is 2.34. The summed E-state index contributed by atoms with van der Waals surface area (Å²) in [5.74, 6) is 2.39. The van der Waals surface area contributed by atoms with Crippen molar-refractivity contribution in [3.05, 3.63) is 77.9 Å². The molecule has 0 saturated carbocycles. The molecule has 3 aromatic carbocycles. The molecule has 39 heavy (non-hydrogen) atoms. The lowest BCUT2D eigenvalue weighted by Crippen LogP contribution is -2.17. The molecule has 0 saturated heterocycles. The minimum absolute atomic E-state index is 0.0570. The van der Waals surface area contributed by atoms with Crippen molar-refractivity contribution in [1.82, 2.24) is 14.8 Å². The van der Waals surface area contributed by atoms with Crippen LogP contribution in [0.15, 0.2) is 71.9 Å². The molecule has 0 radical (unpaired) electrons. The zero-order valence-corrected chi connectivity index (χ0v) is 24.4. The first-order valence-corrected chi connectivity index (χ1v) is 13.9. The third-order valence-corrected chi connectivity index (χ3v) is 7.38. The summed E-state index contributed by atoms with van der Waals surface area (Å²) in [6.07, 6.45) is 0. The molecule has 1 heterocycles. The topological polar surface area (TPSA) is 78.3 Å². The SMILES string of the molecule is COc1ccc(-c2nnc(SCC(=O)Nc3cc(C(C)(C)C)ccc3OC)n2-c2ccccc2C(C)C)cc1. The molecule has 0 fully saturated rings. The first-order valence-electron chi connectivity index (χ1n) is 12.9. The number of benzene rings is 3. The Balaban J connectivity index is 1.65. The quantitative estimate of drug-likeness (QED) is 0.226. The van der Waals surface area contributed by atoms with E-state index in [-0.39, 0.29) is 23.0 Å². The number of amides is 1. The van der Waals surface area contributed by atoms with Gasteiger partial charge < -0.3 is 14.8 Å². The summed E-state index contributed by atoms with van der Waals surface area (Å²) in [5, 5.41) is 12.7. The average Bonchev–Trinajstić information content (AvgIpc) is 3.35. The molecule has 1 aromatic heterocycles. The molecule has 4 rings (SSSR count). The van der Waals surface area contributed by atoms with Crippen LogP contribution in [0.3, 0.4) is 0 Å². The summed E-state index contributed by atoms with van der Waals surface area (Å²) in [6, 6.07) is 21.9. The number of anilines is 1. The molecule has 7 nitrogen and oxygen atoms in total. The van der Waals surface area contributed by atoms with Crippen LogP contribution in [0, 0.1) is 0 Å². The predicted molar refractivity (Wildman–Crippen MR) is 158 cm³/mol. The van der Waals surface area contributed by atoms with Gasteiger partial charge in [-0.3, -0.25) is 9.36 Å². The van der Waals surface area contributed by atoms with E-state index in [1.54, 1.807) is 14.2 Å². The van der Waals surface area contributed by atoms with E-state index < -0.39 is 0 Å². The molecule has 8 heteroatoms. The maximum atomic E-state index is 13.1. The summed E-state index contributed by atoms with van der Waals surface area (Å²) in [4.78, 5) is 13.1. The van der Waals surface area contributed by atoms with E-state index >= 15 is 0 Å². The van der Waals surface area contributed by atoms with Gasteiger partial charge in [-0.15, -0.1) is 10.2 Å². The molecular weight excluding hydrogens is 508 g/mol. The van der Waals surface area contributed by atoms with Crippen LogP contribution >= 0.6 is 11.8 Å². The average molecular weight is 545 g/mol. The first kappa shape index (κ1) is 28.2. The van der Waals surface area contributed by atoms with Gasteiger partial charge in [0.05, 0.1) is 31.3 Å². The highest BCUT2D eigenvalue weighted by atomic mass is 32.2. The van der Waals surface area contributed by atoms with E-state index in [2.05, 4.69) is 62.3 Å². The number of nitrogens with one attached hydrogen (secondary N) is 1. The highest BCUT2D eigenvalue weighted by molar-refractivity contribution is 7.99. The number of para-hydroxylation sites is 1. The highest BCUT2D eigenvalue weighted by Gasteiger charge is 2.21. The van der Waals surface area contributed by atoms with Crippen LogP contribution in [0.1, 0.15) is 51.7 Å². The van der Waals surface area contributed by atoms with Crippen LogP contribution in [-0.4, -0.2) is 40.6 Å². The van der Waals surface area contributed by atoms with Crippen molar-refractivity contribution in [2.75, 3.05) is 25.3 Å². The van der Waals surface area contributed by atoms with Crippen LogP contribution in [0.5, 0.6) is 11.5 Å². The van der Waals surface area contributed by atoms with Crippen molar-refractivity contribution in [2.24, 2.45) is 0 Å². The lowest BCUT2D eigenvalue weighted by Gasteiger charge is -2.21. The smallest absolute Gasteiger partial charge is 0.234 e. The summed E-state index contributed by atoms with van der Waals surface area (Å²) in [7, 11) is 3.25. The Hall–Kier alpha value is -3.78. The summed E-state index contributed by atoms with van der Waals surface area (Å²) in [6.45, 7) is 10.7. The van der Waals surface area contributed by atoms with Gasteiger partial charge in [-0.1, -0.05) is 70.6 Å². The van der Waals surface area contributed by atoms with Gasteiger partial charge >= 0.3 is 0 Å². The molecule has 0 atom stereocenters. The van der Waals surface area contributed by atoms with Crippen molar-refractivity contribution in [2.45, 2.75) is 51.1 Å². The number of rotatable bonds is 9. The lowest BCUT2D eigenvalue weighted by atomic mass is 9.87. The van der Waals surface area contributed by atoms with E-state index in [0.717, 1.165) is 22.6 Å². The van der Waals surface area contributed by atoms with Crippen LogP contribution in [0.4, 0.5) is 5.69 Å². The summed E-state index contributed by atoms with van der Waals surface area (Å²) in [5.41, 5.74) is 4.77. The fourth-order valence-electron chi connectivity index (χ4n) is 4.28.